The Morgan fingerprint density at radius 3 is 0.817 bits per heavy atom. The van der Waals surface area contributed by atoms with Crippen LogP contribution in [0.1, 0.15) is 382 Å². The Bertz CT molecular complexity index is 1810. The average Bonchev–Trinajstić information content (AvgIpc) is 3.07. The van der Waals surface area contributed by atoms with E-state index in [9.17, 15) is 43.2 Å². The van der Waals surface area contributed by atoms with Gasteiger partial charge in [0.25, 0.3) is 0 Å². The van der Waals surface area contributed by atoms with Crippen molar-refractivity contribution in [1.29, 1.82) is 0 Å². The Morgan fingerprint density at radius 1 is 0.312 bits per heavy atom. The number of phosphoric acid groups is 2. The lowest BCUT2D eigenvalue weighted by atomic mass is 9.99. The summed E-state index contributed by atoms with van der Waals surface area (Å²) in [6, 6.07) is 0. The highest BCUT2D eigenvalue weighted by molar-refractivity contribution is 7.47. The fraction of sp³-hybridized carbons (Fsp3) is 0.946. The van der Waals surface area contributed by atoms with Gasteiger partial charge in [0.15, 0.2) is 12.2 Å². The third-order valence-electron chi connectivity index (χ3n) is 17.6. The normalized spacial score (nSPS) is 14.3. The molecule has 3 N–H and O–H groups in total. The average molecular weight is 1370 g/mol. The molecule has 17 nitrogen and oxygen atoms in total. The SMILES string of the molecule is CCCCCCCCCCCCCCCCCC(=O)OC[C@H](COP(=O)(O)OC[C@@H](O)COP(=O)(O)OC[C@@H](COC(=O)CCCCCCCCC)OC(=O)CCCCCCCCCCC(C)CC)OC(=O)CCCCCCCCCCCCCCCCCCC(C)C. The van der Waals surface area contributed by atoms with Crippen molar-refractivity contribution in [3.05, 3.63) is 0 Å². The van der Waals surface area contributed by atoms with E-state index in [2.05, 4.69) is 41.5 Å². The molecule has 0 aliphatic carbocycles. The van der Waals surface area contributed by atoms with E-state index in [-0.39, 0.29) is 25.7 Å². The lowest BCUT2D eigenvalue weighted by Gasteiger charge is -2.21. The first-order chi connectivity index (χ1) is 44.9. The molecule has 552 valence electrons. The van der Waals surface area contributed by atoms with Crippen LogP contribution < -0.4 is 0 Å². The highest BCUT2D eigenvalue weighted by Gasteiger charge is 2.30. The minimum atomic E-state index is -4.95. The summed E-state index contributed by atoms with van der Waals surface area (Å²) in [5, 5.41) is 10.6. The molecular formula is C74H144O17P2. The van der Waals surface area contributed by atoms with Gasteiger partial charge in [0.05, 0.1) is 26.4 Å². The van der Waals surface area contributed by atoms with Crippen LogP contribution in [-0.2, 0) is 65.4 Å². The zero-order chi connectivity index (χ0) is 68.6. The second kappa shape index (κ2) is 66.0. The topological polar surface area (TPSA) is 237 Å². The molecule has 0 bridgehead atoms. The third kappa shape index (κ3) is 67.0. The van der Waals surface area contributed by atoms with Crippen molar-refractivity contribution >= 4 is 39.5 Å². The molecule has 93 heavy (non-hydrogen) atoms. The smallest absolute Gasteiger partial charge is 0.462 e. The molecule has 0 aliphatic rings. The molecular weight excluding hydrogens is 1220 g/mol. The molecule has 0 saturated heterocycles. The number of ether oxygens (including phenoxy) is 4. The summed E-state index contributed by atoms with van der Waals surface area (Å²) in [5.41, 5.74) is 0. The summed E-state index contributed by atoms with van der Waals surface area (Å²) in [6.45, 7) is 9.57. The van der Waals surface area contributed by atoms with Crippen molar-refractivity contribution in [2.45, 2.75) is 400 Å². The summed E-state index contributed by atoms with van der Waals surface area (Å²) in [7, 11) is -9.90. The Labute approximate surface area is 568 Å². The molecule has 0 rings (SSSR count). The molecule has 0 aromatic rings. The molecule has 0 spiro atoms. The Morgan fingerprint density at radius 2 is 0.548 bits per heavy atom. The molecule has 0 aliphatic heterocycles. The molecule has 0 saturated carbocycles. The van der Waals surface area contributed by atoms with E-state index in [1.165, 1.54) is 186 Å². The molecule has 19 heteroatoms. The van der Waals surface area contributed by atoms with E-state index in [0.717, 1.165) is 115 Å². The predicted octanol–water partition coefficient (Wildman–Crippen LogP) is 21.6. The quantitative estimate of drug-likeness (QED) is 0.0222. The van der Waals surface area contributed by atoms with Crippen molar-refractivity contribution in [3.63, 3.8) is 0 Å². The Kier molecular flexibility index (Phi) is 64.6. The standard InChI is InChI=1S/C74H144O17P2/c1-7-10-12-14-16-17-18-19-22-26-29-32-39-45-51-57-72(77)85-63-70(90-73(78)58-52-46-40-33-30-27-24-21-20-23-25-28-31-37-42-48-54-66(4)5)65-89-93(82,83)87-61-68(75)60-86-92(80,81)88-64-69(62-84-71(76)56-50-44-36-15-13-11-8-2)91-74(79)59-53-47-41-35-34-38-43-49-55-67(6)9-3/h66-70,75H,7-65H2,1-6H3,(H,80,81)(H,82,83)/t67?,68-,69+,70+/m0/s1. The van der Waals surface area contributed by atoms with E-state index >= 15 is 0 Å². The fourth-order valence-corrected chi connectivity index (χ4v) is 12.8. The molecule has 0 heterocycles. The Hall–Kier alpha value is -1.94. The van der Waals surface area contributed by atoms with Gasteiger partial charge in [-0.3, -0.25) is 37.3 Å². The maximum atomic E-state index is 13.1. The highest BCUT2D eigenvalue weighted by atomic mass is 31.2. The van der Waals surface area contributed by atoms with Gasteiger partial charge >= 0.3 is 39.5 Å². The summed E-state index contributed by atoms with van der Waals surface area (Å²) < 4.78 is 68.3. The van der Waals surface area contributed by atoms with Crippen LogP contribution in [0, 0.1) is 11.8 Å². The van der Waals surface area contributed by atoms with E-state index < -0.39 is 97.5 Å². The van der Waals surface area contributed by atoms with Gasteiger partial charge < -0.3 is 33.8 Å². The van der Waals surface area contributed by atoms with E-state index in [1.54, 1.807) is 0 Å². The van der Waals surface area contributed by atoms with Crippen molar-refractivity contribution in [2.75, 3.05) is 39.6 Å². The molecule has 6 atom stereocenters. The second-order valence-corrected chi connectivity index (χ2v) is 30.3. The first kappa shape index (κ1) is 91.1. The number of esters is 4. The first-order valence-corrected chi connectivity index (χ1v) is 41.5. The molecule has 0 aromatic heterocycles. The van der Waals surface area contributed by atoms with Crippen LogP contribution in [-0.4, -0.2) is 96.7 Å². The van der Waals surface area contributed by atoms with Crippen molar-refractivity contribution < 1.29 is 80.2 Å². The van der Waals surface area contributed by atoms with Crippen LogP contribution in [0.15, 0.2) is 0 Å². The first-order valence-electron chi connectivity index (χ1n) is 38.5. The highest BCUT2D eigenvalue weighted by Crippen LogP contribution is 2.45. The zero-order valence-corrected chi connectivity index (χ0v) is 62.3. The van der Waals surface area contributed by atoms with Gasteiger partial charge in [0, 0.05) is 25.7 Å². The lowest BCUT2D eigenvalue weighted by molar-refractivity contribution is -0.161. The van der Waals surface area contributed by atoms with Crippen LogP contribution in [0.5, 0.6) is 0 Å². The van der Waals surface area contributed by atoms with E-state index in [4.69, 9.17) is 37.0 Å². The number of aliphatic hydroxyl groups is 1. The Balaban J connectivity index is 5.19. The van der Waals surface area contributed by atoms with Gasteiger partial charge in [-0.05, 0) is 37.5 Å². The van der Waals surface area contributed by atoms with Gasteiger partial charge in [-0.2, -0.15) is 0 Å². The van der Waals surface area contributed by atoms with Crippen LogP contribution in [0.4, 0.5) is 0 Å². The number of aliphatic hydroxyl groups excluding tert-OH is 1. The van der Waals surface area contributed by atoms with Gasteiger partial charge in [-0.1, -0.05) is 330 Å². The molecule has 3 unspecified atom stereocenters. The number of hydrogen-bond donors (Lipinski definition) is 3. The summed E-state index contributed by atoms with van der Waals surface area (Å²) in [4.78, 5) is 72.6. The maximum absolute atomic E-state index is 13.1. The lowest BCUT2D eigenvalue weighted by Crippen LogP contribution is -2.30. The van der Waals surface area contributed by atoms with Crippen LogP contribution in [0.2, 0.25) is 0 Å². The van der Waals surface area contributed by atoms with Crippen molar-refractivity contribution in [2.24, 2.45) is 11.8 Å². The number of phosphoric ester groups is 2. The van der Waals surface area contributed by atoms with Crippen LogP contribution in [0.3, 0.4) is 0 Å². The molecule has 0 amide bonds. The second-order valence-electron chi connectivity index (χ2n) is 27.4. The monoisotopic (exact) mass is 1370 g/mol. The number of unbranched alkanes of at least 4 members (excludes halogenated alkanes) is 42. The van der Waals surface area contributed by atoms with Crippen LogP contribution >= 0.6 is 15.6 Å². The third-order valence-corrected chi connectivity index (χ3v) is 19.5. The van der Waals surface area contributed by atoms with Crippen molar-refractivity contribution in [3.8, 4) is 0 Å². The van der Waals surface area contributed by atoms with Gasteiger partial charge in [-0.15, -0.1) is 0 Å². The van der Waals surface area contributed by atoms with E-state index in [1.807, 2.05) is 0 Å². The van der Waals surface area contributed by atoms with Gasteiger partial charge in [0.1, 0.15) is 19.3 Å². The van der Waals surface area contributed by atoms with Gasteiger partial charge in [-0.25, -0.2) is 9.13 Å². The minimum absolute atomic E-state index is 0.105. The number of carbonyl (C=O) groups is 4. The molecule has 0 fully saturated rings. The summed E-state index contributed by atoms with van der Waals surface area (Å²) in [5.74, 6) is -0.544. The van der Waals surface area contributed by atoms with Crippen LogP contribution in [0.25, 0.3) is 0 Å². The molecule has 0 aromatic carbocycles. The van der Waals surface area contributed by atoms with Crippen molar-refractivity contribution in [1.82, 2.24) is 0 Å². The predicted molar refractivity (Wildman–Crippen MR) is 377 cm³/mol. The maximum Gasteiger partial charge on any atom is 0.472 e. The van der Waals surface area contributed by atoms with E-state index in [0.29, 0.717) is 25.7 Å². The van der Waals surface area contributed by atoms with Gasteiger partial charge in [0.2, 0.25) is 0 Å². The number of carbonyl (C=O) groups excluding carboxylic acids is 4. The minimum Gasteiger partial charge on any atom is -0.462 e. The fourth-order valence-electron chi connectivity index (χ4n) is 11.3. The number of hydrogen-bond acceptors (Lipinski definition) is 15. The largest absolute Gasteiger partial charge is 0.472 e. The summed E-state index contributed by atoms with van der Waals surface area (Å²) in [6.07, 6.45) is 52.8. The summed E-state index contributed by atoms with van der Waals surface area (Å²) >= 11 is 0. The number of rotatable bonds is 73. The zero-order valence-electron chi connectivity index (χ0n) is 60.6. The molecule has 0 radical (unpaired) electrons.